The number of ketones is 2. The molecule has 0 amide bonds. The molecule has 0 saturated heterocycles. The van der Waals surface area contributed by atoms with E-state index in [2.05, 4.69) is 24.1 Å². The van der Waals surface area contributed by atoms with Crippen LogP contribution in [0.3, 0.4) is 0 Å². The number of carbonyl (C=O) groups is 2. The molecule has 2 atom stereocenters. The SMILES string of the molecule is CCN(CC)CCNC1=CC=CC2C(=O)c3ccccc3C(=O)C12. The van der Waals surface area contributed by atoms with Crippen molar-refractivity contribution in [3.05, 3.63) is 59.3 Å². The maximum Gasteiger partial charge on any atom is 0.173 e. The van der Waals surface area contributed by atoms with Crippen LogP contribution in [-0.4, -0.2) is 42.6 Å². The van der Waals surface area contributed by atoms with E-state index in [9.17, 15) is 9.59 Å². The average Bonchev–Trinajstić information content (AvgIpc) is 2.63. The molecule has 3 rings (SSSR count). The predicted molar refractivity (Wildman–Crippen MR) is 95.1 cm³/mol. The number of fused-ring (bicyclic) bond motifs is 2. The predicted octanol–water partition coefficient (Wildman–Crippen LogP) is 2.68. The number of hydrogen-bond donors (Lipinski definition) is 1. The van der Waals surface area contributed by atoms with Crippen LogP contribution in [0.25, 0.3) is 0 Å². The van der Waals surface area contributed by atoms with E-state index in [0.29, 0.717) is 11.1 Å². The van der Waals surface area contributed by atoms with Crippen molar-refractivity contribution in [3.63, 3.8) is 0 Å². The third-order valence-electron chi connectivity index (χ3n) is 4.98. The lowest BCUT2D eigenvalue weighted by Crippen LogP contribution is -2.42. The first-order valence-electron chi connectivity index (χ1n) is 8.69. The van der Waals surface area contributed by atoms with Crippen molar-refractivity contribution in [2.45, 2.75) is 13.8 Å². The Hall–Kier alpha value is -2.20. The Bertz CT molecular complexity index is 701. The Morgan fingerprint density at radius 1 is 1.04 bits per heavy atom. The van der Waals surface area contributed by atoms with Gasteiger partial charge in [0, 0.05) is 29.9 Å². The Balaban J connectivity index is 1.79. The minimum Gasteiger partial charge on any atom is -0.386 e. The monoisotopic (exact) mass is 324 g/mol. The molecule has 2 aliphatic carbocycles. The Labute approximate surface area is 143 Å². The standard InChI is InChI=1S/C20H24N2O2/c1-3-22(4-2)13-12-21-17-11-7-10-16-18(17)20(24)15-9-6-5-8-14(15)19(16)23/h5-11,16,18,21H,3-4,12-13H2,1-2H3. The zero-order chi connectivity index (χ0) is 17.1. The summed E-state index contributed by atoms with van der Waals surface area (Å²) >= 11 is 0. The van der Waals surface area contributed by atoms with Crippen molar-refractivity contribution in [1.82, 2.24) is 10.2 Å². The van der Waals surface area contributed by atoms with Gasteiger partial charge in [0.1, 0.15) is 0 Å². The van der Waals surface area contributed by atoms with Crippen LogP contribution in [0.1, 0.15) is 34.6 Å². The van der Waals surface area contributed by atoms with Gasteiger partial charge in [-0.05, 0) is 19.2 Å². The van der Waals surface area contributed by atoms with E-state index < -0.39 is 5.92 Å². The van der Waals surface area contributed by atoms with Crippen LogP contribution in [0, 0.1) is 11.8 Å². The summed E-state index contributed by atoms with van der Waals surface area (Å²) in [6.07, 6.45) is 5.68. The summed E-state index contributed by atoms with van der Waals surface area (Å²) in [5.41, 5.74) is 1.97. The van der Waals surface area contributed by atoms with Gasteiger partial charge in [-0.25, -0.2) is 0 Å². The third-order valence-corrected chi connectivity index (χ3v) is 4.98. The van der Waals surface area contributed by atoms with Gasteiger partial charge in [-0.15, -0.1) is 0 Å². The fourth-order valence-electron chi connectivity index (χ4n) is 3.56. The highest BCUT2D eigenvalue weighted by Gasteiger charge is 2.42. The third kappa shape index (κ3) is 2.94. The summed E-state index contributed by atoms with van der Waals surface area (Å²) in [4.78, 5) is 28.0. The molecule has 4 heteroatoms. The highest BCUT2D eigenvalue weighted by molar-refractivity contribution is 6.17. The molecule has 0 heterocycles. The maximum absolute atomic E-state index is 12.9. The summed E-state index contributed by atoms with van der Waals surface area (Å²) in [6, 6.07) is 7.15. The van der Waals surface area contributed by atoms with E-state index in [1.807, 2.05) is 30.4 Å². The van der Waals surface area contributed by atoms with Gasteiger partial charge < -0.3 is 10.2 Å². The molecule has 2 unspecified atom stereocenters. The van der Waals surface area contributed by atoms with Gasteiger partial charge in [0.05, 0.1) is 11.8 Å². The largest absolute Gasteiger partial charge is 0.386 e. The highest BCUT2D eigenvalue weighted by Crippen LogP contribution is 2.36. The number of rotatable bonds is 6. The lowest BCUT2D eigenvalue weighted by atomic mass is 9.71. The summed E-state index contributed by atoms with van der Waals surface area (Å²) in [5, 5.41) is 3.40. The summed E-state index contributed by atoms with van der Waals surface area (Å²) in [5.74, 6) is -0.703. The van der Waals surface area contributed by atoms with Crippen molar-refractivity contribution in [3.8, 4) is 0 Å². The van der Waals surface area contributed by atoms with Gasteiger partial charge in [-0.3, -0.25) is 9.59 Å². The second-order valence-electron chi connectivity index (χ2n) is 6.24. The van der Waals surface area contributed by atoms with E-state index in [1.54, 1.807) is 12.1 Å². The van der Waals surface area contributed by atoms with Gasteiger partial charge in [0.15, 0.2) is 11.6 Å². The summed E-state index contributed by atoms with van der Waals surface area (Å²) in [6.45, 7) is 7.99. The van der Waals surface area contributed by atoms with E-state index in [1.165, 1.54) is 0 Å². The van der Waals surface area contributed by atoms with Crippen LogP contribution < -0.4 is 5.32 Å². The molecule has 4 nitrogen and oxygen atoms in total. The minimum atomic E-state index is -0.408. The Morgan fingerprint density at radius 3 is 2.38 bits per heavy atom. The zero-order valence-corrected chi connectivity index (χ0v) is 14.3. The quantitative estimate of drug-likeness (QED) is 0.874. The first kappa shape index (κ1) is 16.7. The molecule has 0 bridgehead atoms. The first-order chi connectivity index (χ1) is 11.7. The van der Waals surface area contributed by atoms with Gasteiger partial charge in [-0.1, -0.05) is 50.3 Å². The molecule has 2 aliphatic rings. The van der Waals surface area contributed by atoms with E-state index in [0.717, 1.165) is 31.9 Å². The van der Waals surface area contributed by atoms with Crippen LogP contribution in [0.2, 0.25) is 0 Å². The van der Waals surface area contributed by atoms with Crippen molar-refractivity contribution in [2.24, 2.45) is 11.8 Å². The average molecular weight is 324 g/mol. The van der Waals surface area contributed by atoms with Gasteiger partial charge in [0.2, 0.25) is 0 Å². The maximum atomic E-state index is 12.9. The number of Topliss-reactive ketones (excluding diaryl/α,β-unsaturated/α-hetero) is 2. The van der Waals surface area contributed by atoms with Crippen molar-refractivity contribution in [2.75, 3.05) is 26.2 Å². The number of allylic oxidation sites excluding steroid dienone is 4. The Morgan fingerprint density at radius 2 is 1.71 bits per heavy atom. The second-order valence-corrected chi connectivity index (χ2v) is 6.24. The molecule has 0 aromatic heterocycles. The normalized spacial score (nSPS) is 22.2. The number of nitrogens with one attached hydrogen (secondary N) is 1. The molecule has 1 aromatic rings. The summed E-state index contributed by atoms with van der Waals surface area (Å²) < 4.78 is 0. The van der Waals surface area contributed by atoms with Crippen LogP contribution in [-0.2, 0) is 0 Å². The highest BCUT2D eigenvalue weighted by atomic mass is 16.1. The molecule has 24 heavy (non-hydrogen) atoms. The smallest absolute Gasteiger partial charge is 0.173 e. The van der Waals surface area contributed by atoms with Gasteiger partial charge in [-0.2, -0.15) is 0 Å². The number of nitrogens with zero attached hydrogens (tertiary/aromatic N) is 1. The number of likely N-dealkylation sites (N-methyl/N-ethyl adjacent to an activating group) is 1. The molecule has 0 aliphatic heterocycles. The van der Waals surface area contributed by atoms with Crippen LogP contribution in [0.5, 0.6) is 0 Å². The number of benzene rings is 1. The minimum absolute atomic E-state index is 0.0427. The van der Waals surface area contributed by atoms with Crippen molar-refractivity contribution >= 4 is 11.6 Å². The molecule has 0 fully saturated rings. The van der Waals surface area contributed by atoms with Crippen LogP contribution in [0.4, 0.5) is 0 Å². The van der Waals surface area contributed by atoms with Crippen molar-refractivity contribution in [1.29, 1.82) is 0 Å². The molecular formula is C20H24N2O2. The molecule has 126 valence electrons. The van der Waals surface area contributed by atoms with E-state index >= 15 is 0 Å². The molecule has 1 aromatic carbocycles. The fourth-order valence-corrected chi connectivity index (χ4v) is 3.56. The molecule has 0 saturated carbocycles. The number of hydrogen-bond acceptors (Lipinski definition) is 4. The number of carbonyl (C=O) groups excluding carboxylic acids is 2. The Kier molecular flexibility index (Phi) is 4.95. The second kappa shape index (κ2) is 7.14. The topological polar surface area (TPSA) is 49.4 Å². The fraction of sp³-hybridized carbons (Fsp3) is 0.400. The summed E-state index contributed by atoms with van der Waals surface area (Å²) in [7, 11) is 0. The molecule has 1 N–H and O–H groups in total. The van der Waals surface area contributed by atoms with Crippen molar-refractivity contribution < 1.29 is 9.59 Å². The molecular weight excluding hydrogens is 300 g/mol. The molecule has 0 spiro atoms. The van der Waals surface area contributed by atoms with E-state index in [-0.39, 0.29) is 17.5 Å². The lowest BCUT2D eigenvalue weighted by Gasteiger charge is -2.33. The zero-order valence-electron chi connectivity index (χ0n) is 14.3. The van der Waals surface area contributed by atoms with Gasteiger partial charge >= 0.3 is 0 Å². The van der Waals surface area contributed by atoms with Crippen LogP contribution >= 0.6 is 0 Å². The van der Waals surface area contributed by atoms with Gasteiger partial charge in [0.25, 0.3) is 0 Å². The first-order valence-corrected chi connectivity index (χ1v) is 8.69. The van der Waals surface area contributed by atoms with E-state index in [4.69, 9.17) is 0 Å². The molecule has 0 radical (unpaired) electrons. The lowest BCUT2D eigenvalue weighted by molar-refractivity contribution is 0.0788. The van der Waals surface area contributed by atoms with Crippen LogP contribution in [0.15, 0.2) is 48.2 Å².